The van der Waals surface area contributed by atoms with E-state index in [1.54, 1.807) is 4.90 Å². The number of hydrogen-bond acceptors (Lipinski definition) is 2. The molecule has 0 bridgehead atoms. The number of benzene rings is 1. The van der Waals surface area contributed by atoms with Crippen molar-refractivity contribution in [2.24, 2.45) is 0 Å². The minimum absolute atomic E-state index is 0.0797. The van der Waals surface area contributed by atoms with Crippen LogP contribution in [0.2, 0.25) is 0 Å². The van der Waals surface area contributed by atoms with Gasteiger partial charge in [0, 0.05) is 24.8 Å². The molecule has 1 saturated heterocycles. The van der Waals surface area contributed by atoms with Crippen molar-refractivity contribution in [2.75, 3.05) is 32.1 Å². The summed E-state index contributed by atoms with van der Waals surface area (Å²) in [5.74, 6) is -0.857. The first kappa shape index (κ1) is 15.1. The molecule has 0 aliphatic carbocycles. The predicted octanol–water partition coefficient (Wildman–Crippen LogP) is 3.37. The summed E-state index contributed by atoms with van der Waals surface area (Å²) in [5.41, 5.74) is -0.808. The highest BCUT2D eigenvalue weighted by Crippen LogP contribution is 2.38. The predicted molar refractivity (Wildman–Crippen MR) is 70.3 cm³/mol. The second-order valence-electron chi connectivity index (χ2n) is 5.34. The van der Waals surface area contributed by atoms with Crippen LogP contribution in [0.5, 0.6) is 0 Å². The van der Waals surface area contributed by atoms with Crippen molar-refractivity contribution in [1.82, 2.24) is 4.90 Å². The van der Waals surface area contributed by atoms with Crippen molar-refractivity contribution in [2.45, 2.75) is 25.1 Å². The van der Waals surface area contributed by atoms with Gasteiger partial charge in [0.25, 0.3) is 0 Å². The normalized spacial score (nSPS) is 17.9. The van der Waals surface area contributed by atoms with Crippen LogP contribution in [0, 0.1) is 5.82 Å². The van der Waals surface area contributed by atoms with E-state index in [1.807, 2.05) is 14.1 Å². The van der Waals surface area contributed by atoms with E-state index >= 15 is 0 Å². The van der Waals surface area contributed by atoms with Crippen LogP contribution in [0.1, 0.15) is 18.4 Å². The van der Waals surface area contributed by atoms with Gasteiger partial charge < -0.3 is 9.80 Å². The van der Waals surface area contributed by atoms with Crippen LogP contribution >= 0.6 is 0 Å². The summed E-state index contributed by atoms with van der Waals surface area (Å²) >= 11 is 0. The lowest BCUT2D eigenvalue weighted by Gasteiger charge is -2.37. The van der Waals surface area contributed by atoms with Crippen LogP contribution in [0.25, 0.3) is 0 Å². The number of piperidine rings is 1. The minimum atomic E-state index is -4.53. The Kier molecular flexibility index (Phi) is 4.22. The molecule has 112 valence electrons. The van der Waals surface area contributed by atoms with Crippen LogP contribution in [0.4, 0.5) is 23.2 Å². The van der Waals surface area contributed by atoms with Crippen LogP contribution in [0.15, 0.2) is 18.2 Å². The number of nitrogens with zero attached hydrogens (tertiary/aromatic N) is 2. The SMILES string of the molecule is CN(C)C1CCN(c2ccc(F)cc2C(F)(F)F)CC1. The topological polar surface area (TPSA) is 6.48 Å². The molecule has 1 aliphatic heterocycles. The number of rotatable bonds is 2. The van der Waals surface area contributed by atoms with E-state index in [4.69, 9.17) is 0 Å². The third-order valence-corrected chi connectivity index (χ3v) is 3.80. The maximum atomic E-state index is 13.1. The van der Waals surface area contributed by atoms with Gasteiger partial charge in [-0.05, 0) is 45.1 Å². The van der Waals surface area contributed by atoms with Gasteiger partial charge in [0.1, 0.15) is 5.82 Å². The number of alkyl halides is 3. The summed E-state index contributed by atoms with van der Waals surface area (Å²) in [7, 11) is 3.94. The molecule has 1 fully saturated rings. The Hall–Kier alpha value is -1.30. The fourth-order valence-corrected chi connectivity index (χ4v) is 2.63. The van der Waals surface area contributed by atoms with Crippen molar-refractivity contribution in [3.05, 3.63) is 29.6 Å². The average Bonchev–Trinajstić information content (AvgIpc) is 2.38. The Bertz CT molecular complexity index is 463. The zero-order valence-corrected chi connectivity index (χ0v) is 11.5. The fraction of sp³-hybridized carbons (Fsp3) is 0.571. The van der Waals surface area contributed by atoms with E-state index in [9.17, 15) is 17.6 Å². The molecular weight excluding hydrogens is 272 g/mol. The molecule has 0 aromatic heterocycles. The van der Waals surface area contributed by atoms with Gasteiger partial charge in [-0.1, -0.05) is 0 Å². The third-order valence-electron chi connectivity index (χ3n) is 3.80. The smallest absolute Gasteiger partial charge is 0.371 e. The van der Waals surface area contributed by atoms with Gasteiger partial charge in [-0.15, -0.1) is 0 Å². The Morgan fingerprint density at radius 3 is 2.25 bits per heavy atom. The van der Waals surface area contributed by atoms with Crippen LogP contribution in [0.3, 0.4) is 0 Å². The van der Waals surface area contributed by atoms with E-state index in [2.05, 4.69) is 4.90 Å². The summed E-state index contributed by atoms with van der Waals surface area (Å²) in [4.78, 5) is 3.79. The summed E-state index contributed by atoms with van der Waals surface area (Å²) in [6.45, 7) is 1.11. The van der Waals surface area contributed by atoms with Crippen molar-refractivity contribution in [1.29, 1.82) is 0 Å². The Labute approximate surface area is 116 Å². The van der Waals surface area contributed by atoms with E-state index < -0.39 is 17.6 Å². The van der Waals surface area contributed by atoms with Crippen molar-refractivity contribution < 1.29 is 17.6 Å². The maximum Gasteiger partial charge on any atom is 0.418 e. The number of halogens is 4. The first-order valence-corrected chi connectivity index (χ1v) is 6.57. The zero-order valence-electron chi connectivity index (χ0n) is 11.5. The van der Waals surface area contributed by atoms with Gasteiger partial charge >= 0.3 is 6.18 Å². The lowest BCUT2D eigenvalue weighted by Crippen LogP contribution is -2.42. The van der Waals surface area contributed by atoms with Crippen molar-refractivity contribution >= 4 is 5.69 Å². The highest BCUT2D eigenvalue weighted by Gasteiger charge is 2.36. The molecule has 2 rings (SSSR count). The molecule has 20 heavy (non-hydrogen) atoms. The molecule has 6 heteroatoms. The molecule has 1 heterocycles. The summed E-state index contributed by atoms with van der Waals surface area (Å²) in [5, 5.41) is 0. The second kappa shape index (κ2) is 5.60. The molecule has 0 N–H and O–H groups in total. The average molecular weight is 290 g/mol. The van der Waals surface area contributed by atoms with Gasteiger partial charge in [-0.25, -0.2) is 4.39 Å². The number of anilines is 1. The number of hydrogen-bond donors (Lipinski definition) is 0. The first-order chi connectivity index (χ1) is 9.29. The summed E-state index contributed by atoms with van der Waals surface area (Å²) < 4.78 is 52.0. The monoisotopic (exact) mass is 290 g/mol. The molecule has 0 unspecified atom stereocenters. The van der Waals surface area contributed by atoms with Crippen LogP contribution in [-0.2, 0) is 6.18 Å². The van der Waals surface area contributed by atoms with E-state index in [0.29, 0.717) is 25.2 Å². The van der Waals surface area contributed by atoms with Gasteiger partial charge in [-0.3, -0.25) is 0 Å². The Balaban J connectivity index is 2.22. The molecule has 0 amide bonds. The quantitative estimate of drug-likeness (QED) is 0.771. The fourth-order valence-electron chi connectivity index (χ4n) is 2.63. The molecule has 1 aromatic rings. The molecule has 0 saturated carbocycles. The lowest BCUT2D eigenvalue weighted by atomic mass is 10.0. The molecule has 0 spiro atoms. The van der Waals surface area contributed by atoms with Gasteiger partial charge in [0.2, 0.25) is 0 Å². The van der Waals surface area contributed by atoms with Crippen LogP contribution in [-0.4, -0.2) is 38.1 Å². The van der Waals surface area contributed by atoms with Gasteiger partial charge in [-0.2, -0.15) is 13.2 Å². The van der Waals surface area contributed by atoms with Gasteiger partial charge in [0.05, 0.1) is 5.56 Å². The minimum Gasteiger partial charge on any atom is -0.371 e. The molecular formula is C14H18F4N2. The summed E-state index contributed by atoms with van der Waals surface area (Å²) in [6, 6.07) is 3.28. The lowest BCUT2D eigenvalue weighted by molar-refractivity contribution is -0.137. The van der Waals surface area contributed by atoms with Crippen molar-refractivity contribution in [3.63, 3.8) is 0 Å². The molecule has 0 radical (unpaired) electrons. The van der Waals surface area contributed by atoms with E-state index in [0.717, 1.165) is 18.9 Å². The van der Waals surface area contributed by atoms with Gasteiger partial charge in [0.15, 0.2) is 0 Å². The summed E-state index contributed by atoms with van der Waals surface area (Å²) in [6.07, 6.45) is -2.92. The first-order valence-electron chi connectivity index (χ1n) is 6.57. The standard InChI is InChI=1S/C14H18F4N2/c1-19(2)11-5-7-20(8-6-11)13-4-3-10(15)9-12(13)14(16,17)18/h3-4,9,11H,5-8H2,1-2H3. The van der Waals surface area contributed by atoms with E-state index in [1.165, 1.54) is 6.07 Å². The van der Waals surface area contributed by atoms with Crippen molar-refractivity contribution in [3.8, 4) is 0 Å². The molecule has 1 aliphatic rings. The maximum absolute atomic E-state index is 13.1. The second-order valence-corrected chi connectivity index (χ2v) is 5.34. The Morgan fingerprint density at radius 1 is 1.15 bits per heavy atom. The zero-order chi connectivity index (χ0) is 14.9. The molecule has 1 aromatic carbocycles. The van der Waals surface area contributed by atoms with E-state index in [-0.39, 0.29) is 5.69 Å². The highest BCUT2D eigenvalue weighted by molar-refractivity contribution is 5.55. The van der Waals surface area contributed by atoms with Crippen LogP contribution < -0.4 is 4.90 Å². The molecule has 2 nitrogen and oxygen atoms in total. The highest BCUT2D eigenvalue weighted by atomic mass is 19.4. The third kappa shape index (κ3) is 3.23. The Morgan fingerprint density at radius 2 is 1.75 bits per heavy atom. The molecule has 0 atom stereocenters. The largest absolute Gasteiger partial charge is 0.418 e.